The monoisotopic (exact) mass is 233 g/mol. The van der Waals surface area contributed by atoms with Crippen LogP contribution in [0.25, 0.3) is 0 Å². The summed E-state index contributed by atoms with van der Waals surface area (Å²) in [6, 6.07) is 3.57. The average molecular weight is 233 g/mol. The molecule has 0 amide bonds. The molecule has 0 saturated carbocycles. The molecular weight excluding hydrogens is 214 g/mol. The molecule has 1 heterocycles. The Kier molecular flexibility index (Phi) is 4.41. The zero-order chi connectivity index (χ0) is 12.9. The first kappa shape index (κ1) is 13.4. The largest absolute Gasteiger partial charge is 0.348 e. The van der Waals surface area contributed by atoms with Crippen molar-refractivity contribution in [2.45, 2.75) is 32.7 Å². The average Bonchev–Trinajstić information content (AvgIpc) is 2.28. The van der Waals surface area contributed by atoms with Crippen LogP contribution >= 0.6 is 0 Å². The van der Waals surface area contributed by atoms with E-state index in [2.05, 4.69) is 29.1 Å². The van der Waals surface area contributed by atoms with Gasteiger partial charge in [-0.25, -0.2) is 9.97 Å². The van der Waals surface area contributed by atoms with E-state index in [1.165, 1.54) is 0 Å². The smallest absolute Gasteiger partial charge is 0.224 e. The maximum atomic E-state index is 8.77. The van der Waals surface area contributed by atoms with Gasteiger partial charge in [-0.15, -0.1) is 0 Å². The molecule has 0 aliphatic carbocycles. The molecule has 0 aromatic carbocycles. The van der Waals surface area contributed by atoms with E-state index >= 15 is 0 Å². The third kappa shape index (κ3) is 4.00. The highest BCUT2D eigenvalue weighted by atomic mass is 15.1. The fourth-order valence-corrected chi connectivity index (χ4v) is 1.84. The van der Waals surface area contributed by atoms with Crippen molar-refractivity contribution in [1.82, 2.24) is 9.97 Å². The van der Waals surface area contributed by atoms with Crippen molar-refractivity contribution < 1.29 is 0 Å². The summed E-state index contributed by atoms with van der Waals surface area (Å²) in [5.74, 6) is 0.979. The van der Waals surface area contributed by atoms with Gasteiger partial charge in [0.15, 0.2) is 0 Å². The van der Waals surface area contributed by atoms with Gasteiger partial charge in [-0.05, 0) is 25.3 Å². The molecule has 0 fully saturated rings. The SMILES string of the molecule is CC(C)CC(C)(CN)Nc1nccc(C#N)n1. The summed E-state index contributed by atoms with van der Waals surface area (Å²) in [5.41, 5.74) is 5.90. The minimum absolute atomic E-state index is 0.248. The normalized spacial score (nSPS) is 14.1. The lowest BCUT2D eigenvalue weighted by molar-refractivity contribution is 0.404. The molecule has 5 heteroatoms. The Labute approximate surface area is 102 Å². The van der Waals surface area contributed by atoms with Crippen LogP contribution in [0.3, 0.4) is 0 Å². The standard InChI is InChI=1S/C12H19N5/c1-9(2)6-12(3,8-14)17-11-15-5-4-10(7-13)16-11/h4-5,9H,6,8,14H2,1-3H3,(H,15,16,17). The topological polar surface area (TPSA) is 87.6 Å². The molecule has 0 saturated heterocycles. The molecule has 17 heavy (non-hydrogen) atoms. The maximum Gasteiger partial charge on any atom is 0.224 e. The summed E-state index contributed by atoms with van der Waals surface area (Å²) in [5, 5.41) is 12.0. The molecule has 0 radical (unpaired) electrons. The molecular formula is C12H19N5. The third-order valence-corrected chi connectivity index (χ3v) is 2.49. The van der Waals surface area contributed by atoms with E-state index in [0.717, 1.165) is 6.42 Å². The number of nitrogens with zero attached hydrogens (tertiary/aromatic N) is 3. The lowest BCUT2D eigenvalue weighted by atomic mass is 9.91. The number of anilines is 1. The van der Waals surface area contributed by atoms with Crippen LogP contribution in [-0.2, 0) is 0 Å². The molecule has 0 spiro atoms. The number of hydrogen-bond donors (Lipinski definition) is 2. The Bertz CT molecular complexity index is 410. The number of rotatable bonds is 5. The lowest BCUT2D eigenvalue weighted by Gasteiger charge is -2.31. The van der Waals surface area contributed by atoms with E-state index in [1.807, 2.05) is 13.0 Å². The molecule has 92 valence electrons. The Hall–Kier alpha value is -1.67. The summed E-state index contributed by atoms with van der Waals surface area (Å²) in [6.45, 7) is 6.81. The van der Waals surface area contributed by atoms with Crippen molar-refractivity contribution in [3.8, 4) is 6.07 Å². The Morgan fingerprint density at radius 3 is 2.82 bits per heavy atom. The fourth-order valence-electron chi connectivity index (χ4n) is 1.84. The zero-order valence-electron chi connectivity index (χ0n) is 10.6. The molecule has 5 nitrogen and oxygen atoms in total. The summed E-state index contributed by atoms with van der Waals surface area (Å²) in [7, 11) is 0. The quantitative estimate of drug-likeness (QED) is 0.805. The van der Waals surface area contributed by atoms with Gasteiger partial charge in [0, 0.05) is 18.3 Å². The van der Waals surface area contributed by atoms with Gasteiger partial charge in [0.05, 0.1) is 0 Å². The first-order valence-electron chi connectivity index (χ1n) is 5.70. The first-order chi connectivity index (χ1) is 7.99. The van der Waals surface area contributed by atoms with Crippen LogP contribution in [0.5, 0.6) is 0 Å². The van der Waals surface area contributed by atoms with E-state index in [1.54, 1.807) is 12.3 Å². The minimum atomic E-state index is -0.248. The second-order valence-electron chi connectivity index (χ2n) is 4.87. The van der Waals surface area contributed by atoms with Gasteiger partial charge in [-0.1, -0.05) is 13.8 Å². The highest BCUT2D eigenvalue weighted by molar-refractivity contribution is 5.33. The van der Waals surface area contributed by atoms with Crippen molar-refractivity contribution >= 4 is 5.95 Å². The van der Waals surface area contributed by atoms with Gasteiger partial charge >= 0.3 is 0 Å². The molecule has 0 aliphatic heterocycles. The Morgan fingerprint density at radius 2 is 2.29 bits per heavy atom. The molecule has 3 N–H and O–H groups in total. The van der Waals surface area contributed by atoms with Crippen LogP contribution in [0.4, 0.5) is 5.95 Å². The summed E-state index contributed by atoms with van der Waals surface area (Å²) in [4.78, 5) is 8.19. The number of nitrogens with one attached hydrogen (secondary N) is 1. The van der Waals surface area contributed by atoms with Crippen molar-refractivity contribution in [3.63, 3.8) is 0 Å². The van der Waals surface area contributed by atoms with Crippen LogP contribution in [-0.4, -0.2) is 22.1 Å². The second kappa shape index (κ2) is 5.60. The fraction of sp³-hybridized carbons (Fsp3) is 0.583. The third-order valence-electron chi connectivity index (χ3n) is 2.49. The predicted molar refractivity (Wildman–Crippen MR) is 67.3 cm³/mol. The zero-order valence-corrected chi connectivity index (χ0v) is 10.6. The molecule has 1 unspecified atom stereocenters. The van der Waals surface area contributed by atoms with Crippen LogP contribution in [0.15, 0.2) is 12.3 Å². The van der Waals surface area contributed by atoms with E-state index in [-0.39, 0.29) is 5.54 Å². The molecule has 0 bridgehead atoms. The van der Waals surface area contributed by atoms with Crippen molar-refractivity contribution in [2.75, 3.05) is 11.9 Å². The van der Waals surface area contributed by atoms with Crippen LogP contribution in [0.2, 0.25) is 0 Å². The second-order valence-corrected chi connectivity index (χ2v) is 4.87. The highest BCUT2D eigenvalue weighted by Gasteiger charge is 2.24. The molecule has 1 aromatic rings. The number of nitriles is 1. The van der Waals surface area contributed by atoms with Crippen LogP contribution in [0.1, 0.15) is 32.9 Å². The molecule has 0 aliphatic rings. The van der Waals surface area contributed by atoms with E-state index < -0.39 is 0 Å². The maximum absolute atomic E-state index is 8.77. The van der Waals surface area contributed by atoms with Gasteiger partial charge < -0.3 is 11.1 Å². The van der Waals surface area contributed by atoms with Crippen LogP contribution in [0, 0.1) is 17.2 Å². The van der Waals surface area contributed by atoms with Crippen molar-refractivity contribution in [3.05, 3.63) is 18.0 Å². The van der Waals surface area contributed by atoms with Crippen molar-refractivity contribution in [1.29, 1.82) is 5.26 Å². The van der Waals surface area contributed by atoms with E-state index in [9.17, 15) is 0 Å². The Morgan fingerprint density at radius 1 is 1.59 bits per heavy atom. The van der Waals surface area contributed by atoms with E-state index in [4.69, 9.17) is 11.0 Å². The Balaban J connectivity index is 2.83. The molecule has 1 atom stereocenters. The summed E-state index contributed by atoms with van der Waals surface area (Å²) < 4.78 is 0. The summed E-state index contributed by atoms with van der Waals surface area (Å²) >= 11 is 0. The first-order valence-corrected chi connectivity index (χ1v) is 5.70. The van der Waals surface area contributed by atoms with Gasteiger partial charge in [0.1, 0.15) is 11.8 Å². The van der Waals surface area contributed by atoms with Gasteiger partial charge in [-0.2, -0.15) is 5.26 Å². The van der Waals surface area contributed by atoms with Gasteiger partial charge in [-0.3, -0.25) is 0 Å². The lowest BCUT2D eigenvalue weighted by Crippen LogP contribution is -2.44. The summed E-state index contributed by atoms with van der Waals surface area (Å²) in [6.07, 6.45) is 2.49. The predicted octanol–water partition coefficient (Wildman–Crippen LogP) is 1.52. The number of hydrogen-bond acceptors (Lipinski definition) is 5. The molecule has 1 rings (SSSR count). The molecule has 1 aromatic heterocycles. The minimum Gasteiger partial charge on any atom is -0.348 e. The number of nitrogens with two attached hydrogens (primary N) is 1. The number of aromatic nitrogens is 2. The van der Waals surface area contributed by atoms with Gasteiger partial charge in [0.25, 0.3) is 0 Å². The van der Waals surface area contributed by atoms with Crippen LogP contribution < -0.4 is 11.1 Å². The van der Waals surface area contributed by atoms with Crippen molar-refractivity contribution in [2.24, 2.45) is 11.7 Å². The highest BCUT2D eigenvalue weighted by Crippen LogP contribution is 2.19. The van der Waals surface area contributed by atoms with Gasteiger partial charge in [0.2, 0.25) is 5.95 Å². The van der Waals surface area contributed by atoms with E-state index in [0.29, 0.717) is 24.1 Å².